The van der Waals surface area contributed by atoms with Crippen LogP contribution in [0.15, 0.2) is 0 Å². The Balaban J connectivity index is 2.91. The lowest BCUT2D eigenvalue weighted by Gasteiger charge is -2.23. The first-order valence-corrected chi connectivity index (χ1v) is 11.7. The Hall–Kier alpha value is -3.42. The summed E-state index contributed by atoms with van der Waals surface area (Å²) in [5.74, 6) is -1.42. The molecule has 0 aliphatic heterocycles. The van der Waals surface area contributed by atoms with Gasteiger partial charge in [-0.3, -0.25) is 9.59 Å². The van der Waals surface area contributed by atoms with Crippen molar-refractivity contribution in [3.8, 4) is 34.5 Å². The summed E-state index contributed by atoms with van der Waals surface area (Å²) < 4.78 is 16.4. The molecule has 0 aromatic heterocycles. The number of ketones is 2. The van der Waals surface area contributed by atoms with Gasteiger partial charge in [0.1, 0.15) is 45.6 Å². The maximum Gasteiger partial charge on any atom is 0.173 e. The number of ether oxygens (including phenoxy) is 3. The molecular weight excluding hydrogens is 452 g/mol. The molecule has 2 rings (SSSR count). The van der Waals surface area contributed by atoms with E-state index in [-0.39, 0.29) is 86.9 Å². The first-order valence-electron chi connectivity index (χ1n) is 11.7. The molecule has 0 aliphatic carbocycles. The van der Waals surface area contributed by atoms with Gasteiger partial charge in [0.15, 0.2) is 11.6 Å². The normalized spacial score (nSPS) is 11.8. The second-order valence-electron chi connectivity index (χ2n) is 8.63. The van der Waals surface area contributed by atoms with Crippen LogP contribution in [0.2, 0.25) is 0 Å². The molecule has 0 amide bonds. The van der Waals surface area contributed by atoms with Crippen LogP contribution in [0.3, 0.4) is 0 Å². The summed E-state index contributed by atoms with van der Waals surface area (Å²) in [5.41, 5.74) is 0.950. The summed E-state index contributed by atoms with van der Waals surface area (Å²) >= 11 is 0. The minimum absolute atomic E-state index is 0.0165. The maximum absolute atomic E-state index is 13.3. The topological polar surface area (TPSA) is 123 Å². The van der Waals surface area contributed by atoms with Crippen LogP contribution in [0.1, 0.15) is 83.0 Å². The quantitative estimate of drug-likeness (QED) is 0.367. The van der Waals surface area contributed by atoms with Gasteiger partial charge in [0.25, 0.3) is 0 Å². The van der Waals surface area contributed by atoms with E-state index in [1.54, 1.807) is 20.8 Å². The predicted molar refractivity (Wildman–Crippen MR) is 133 cm³/mol. The number of aromatic hydroxyl groups is 3. The largest absolute Gasteiger partial charge is 0.507 e. The summed E-state index contributed by atoms with van der Waals surface area (Å²) in [4.78, 5) is 26.1. The molecule has 35 heavy (non-hydrogen) atoms. The van der Waals surface area contributed by atoms with Gasteiger partial charge in [0.2, 0.25) is 0 Å². The van der Waals surface area contributed by atoms with Crippen LogP contribution in [-0.4, -0.2) is 48.2 Å². The van der Waals surface area contributed by atoms with Gasteiger partial charge in [0.05, 0.1) is 21.3 Å². The Kier molecular flexibility index (Phi) is 9.01. The number of phenols is 3. The Morgan fingerprint density at radius 3 is 1.71 bits per heavy atom. The van der Waals surface area contributed by atoms with Crippen molar-refractivity contribution in [3.05, 3.63) is 33.4 Å². The zero-order chi connectivity index (χ0) is 26.6. The maximum atomic E-state index is 13.3. The molecule has 0 radical (unpaired) electrons. The number of hydrogen-bond acceptors (Lipinski definition) is 8. The number of methoxy groups -OCH3 is 3. The smallest absolute Gasteiger partial charge is 0.173 e. The van der Waals surface area contributed by atoms with Crippen molar-refractivity contribution in [2.75, 3.05) is 21.3 Å². The molecule has 0 saturated carbocycles. The molecule has 0 fully saturated rings. The summed E-state index contributed by atoms with van der Waals surface area (Å²) in [6.07, 6.45) is 1.11. The Morgan fingerprint density at radius 2 is 1.26 bits per heavy atom. The highest BCUT2D eigenvalue weighted by molar-refractivity contribution is 6.04. The highest BCUT2D eigenvalue weighted by atomic mass is 16.5. The molecule has 2 aromatic carbocycles. The molecule has 0 aliphatic rings. The molecule has 0 bridgehead atoms. The third-order valence-electron chi connectivity index (χ3n) is 6.47. The van der Waals surface area contributed by atoms with Gasteiger partial charge in [0, 0.05) is 41.0 Å². The zero-order valence-electron chi connectivity index (χ0n) is 21.8. The Labute approximate surface area is 206 Å². The van der Waals surface area contributed by atoms with Crippen LogP contribution in [-0.2, 0) is 6.42 Å². The molecule has 1 atom stereocenters. The summed E-state index contributed by atoms with van der Waals surface area (Å²) in [6.45, 7) is 8.71. The SMILES string of the molecule is CCCC(=O)c1c(O)c(Cc2c(O)c(C)c(OC)c(C(=O)C(C)CC)c2OC)c(O)c(C)c1OC. The van der Waals surface area contributed by atoms with E-state index >= 15 is 0 Å². The Morgan fingerprint density at radius 1 is 0.771 bits per heavy atom. The summed E-state index contributed by atoms with van der Waals surface area (Å²) in [6, 6.07) is 0. The van der Waals surface area contributed by atoms with E-state index in [1.165, 1.54) is 21.3 Å². The number of carbonyl (C=O) groups is 2. The third kappa shape index (κ3) is 4.88. The highest BCUT2D eigenvalue weighted by Gasteiger charge is 2.32. The molecule has 3 N–H and O–H groups in total. The predicted octanol–water partition coefficient (Wildman–Crippen LogP) is 5.25. The average molecular weight is 489 g/mol. The van der Waals surface area contributed by atoms with E-state index in [2.05, 4.69) is 0 Å². The van der Waals surface area contributed by atoms with E-state index in [4.69, 9.17) is 14.2 Å². The van der Waals surface area contributed by atoms with Gasteiger partial charge in [-0.1, -0.05) is 20.8 Å². The number of benzene rings is 2. The first kappa shape index (κ1) is 27.8. The number of Topliss-reactive ketones (excluding diaryl/α,β-unsaturated/α-hetero) is 2. The van der Waals surface area contributed by atoms with Gasteiger partial charge in [-0.05, 0) is 26.7 Å². The van der Waals surface area contributed by atoms with Crippen LogP contribution in [0.4, 0.5) is 0 Å². The summed E-state index contributed by atoms with van der Waals surface area (Å²) in [7, 11) is 4.14. The molecule has 0 heterocycles. The third-order valence-corrected chi connectivity index (χ3v) is 6.47. The second-order valence-corrected chi connectivity index (χ2v) is 8.63. The lowest BCUT2D eigenvalue weighted by molar-refractivity contribution is 0.0919. The van der Waals surface area contributed by atoms with Gasteiger partial charge in [-0.2, -0.15) is 0 Å². The van der Waals surface area contributed by atoms with Gasteiger partial charge < -0.3 is 29.5 Å². The fraction of sp³-hybridized carbons (Fsp3) is 0.481. The highest BCUT2D eigenvalue weighted by Crippen LogP contribution is 2.49. The molecular formula is C27H36O8. The van der Waals surface area contributed by atoms with E-state index in [9.17, 15) is 24.9 Å². The minimum Gasteiger partial charge on any atom is -0.507 e. The molecule has 8 heteroatoms. The van der Waals surface area contributed by atoms with Crippen LogP contribution in [0.25, 0.3) is 0 Å². The zero-order valence-corrected chi connectivity index (χ0v) is 21.8. The molecule has 8 nitrogen and oxygen atoms in total. The van der Waals surface area contributed by atoms with Crippen molar-refractivity contribution < 1.29 is 39.1 Å². The fourth-order valence-corrected chi connectivity index (χ4v) is 4.28. The number of rotatable bonds is 11. The van der Waals surface area contributed by atoms with Gasteiger partial charge >= 0.3 is 0 Å². The van der Waals surface area contributed by atoms with Crippen molar-refractivity contribution in [1.82, 2.24) is 0 Å². The van der Waals surface area contributed by atoms with E-state index in [1.807, 2.05) is 13.8 Å². The van der Waals surface area contributed by atoms with E-state index in [0.29, 0.717) is 18.4 Å². The lowest BCUT2D eigenvalue weighted by Crippen LogP contribution is -2.15. The standard InChI is InChI=1S/C27H36O8/c1-9-11-18(28)19-24(32)16(22(30)14(4)25(19)33-6)12-17-23(31)15(5)26(34-7)20(27(17)35-8)21(29)13(3)10-2/h13,30-32H,9-12H2,1-8H3. The van der Waals surface area contributed by atoms with Crippen LogP contribution >= 0.6 is 0 Å². The number of carbonyl (C=O) groups excluding carboxylic acids is 2. The second kappa shape index (κ2) is 11.3. The molecule has 0 spiro atoms. The van der Waals surface area contributed by atoms with Crippen molar-refractivity contribution in [2.24, 2.45) is 5.92 Å². The number of hydrogen-bond donors (Lipinski definition) is 3. The van der Waals surface area contributed by atoms with Crippen LogP contribution < -0.4 is 14.2 Å². The monoisotopic (exact) mass is 488 g/mol. The fourth-order valence-electron chi connectivity index (χ4n) is 4.28. The van der Waals surface area contributed by atoms with E-state index in [0.717, 1.165) is 0 Å². The molecule has 2 aromatic rings. The van der Waals surface area contributed by atoms with Crippen molar-refractivity contribution >= 4 is 11.6 Å². The van der Waals surface area contributed by atoms with Crippen molar-refractivity contribution in [3.63, 3.8) is 0 Å². The van der Waals surface area contributed by atoms with Crippen LogP contribution in [0.5, 0.6) is 34.5 Å². The van der Waals surface area contributed by atoms with Crippen molar-refractivity contribution in [2.45, 2.75) is 60.3 Å². The average Bonchev–Trinajstić information content (AvgIpc) is 2.84. The number of phenolic OH excluding ortho intramolecular Hbond substituents is 3. The van der Waals surface area contributed by atoms with Gasteiger partial charge in [-0.25, -0.2) is 0 Å². The molecule has 192 valence electrons. The molecule has 1 unspecified atom stereocenters. The van der Waals surface area contributed by atoms with Crippen LogP contribution in [0, 0.1) is 19.8 Å². The first-order chi connectivity index (χ1) is 16.5. The van der Waals surface area contributed by atoms with Crippen molar-refractivity contribution in [1.29, 1.82) is 0 Å². The lowest BCUT2D eigenvalue weighted by atomic mass is 9.88. The summed E-state index contributed by atoms with van der Waals surface area (Å²) in [5, 5.41) is 33.1. The molecule has 0 saturated heterocycles. The van der Waals surface area contributed by atoms with E-state index < -0.39 is 5.75 Å². The minimum atomic E-state index is -0.437. The Bertz CT molecular complexity index is 1130. The van der Waals surface area contributed by atoms with Gasteiger partial charge in [-0.15, -0.1) is 0 Å².